The third kappa shape index (κ3) is 5.81. The number of carbonyl (C=O) groups is 1. The molecule has 1 amide bonds. The van der Waals surface area contributed by atoms with Crippen molar-refractivity contribution < 1.29 is 14.2 Å². The van der Waals surface area contributed by atoms with E-state index in [0.717, 1.165) is 62.5 Å². The minimum absolute atomic E-state index is 0.160. The van der Waals surface area contributed by atoms with Crippen molar-refractivity contribution in [3.05, 3.63) is 41.2 Å². The van der Waals surface area contributed by atoms with Gasteiger partial charge in [0.1, 0.15) is 23.2 Å². The van der Waals surface area contributed by atoms with Crippen LogP contribution in [-0.4, -0.2) is 52.3 Å². The SMILES string of the molecule is CCC(CC)C(=O)N1CCC(Oc2cccc(CN(C)Cc3nonc3C)c2)CC1. The normalized spacial score (nSPS) is 15.2. The maximum absolute atomic E-state index is 12.6. The van der Waals surface area contributed by atoms with Crippen molar-refractivity contribution in [2.75, 3.05) is 20.1 Å². The quantitative estimate of drug-likeness (QED) is 0.621. The highest BCUT2D eigenvalue weighted by atomic mass is 16.6. The molecule has 2 heterocycles. The zero-order valence-electron chi connectivity index (χ0n) is 18.6. The second-order valence-corrected chi connectivity index (χ2v) is 8.27. The number of benzene rings is 1. The predicted octanol–water partition coefficient (Wildman–Crippen LogP) is 3.82. The summed E-state index contributed by atoms with van der Waals surface area (Å²) in [5, 5.41) is 7.79. The number of ether oxygens (including phenoxy) is 1. The van der Waals surface area contributed by atoms with E-state index in [2.05, 4.69) is 41.2 Å². The number of aromatic nitrogens is 2. The summed E-state index contributed by atoms with van der Waals surface area (Å²) in [6, 6.07) is 8.25. The Hall–Kier alpha value is -2.41. The Morgan fingerprint density at radius 3 is 2.60 bits per heavy atom. The molecule has 0 spiro atoms. The molecule has 7 heteroatoms. The van der Waals surface area contributed by atoms with Crippen LogP contribution in [0.2, 0.25) is 0 Å². The third-order valence-corrected chi connectivity index (χ3v) is 5.91. The number of hydrogen-bond acceptors (Lipinski definition) is 6. The first-order valence-corrected chi connectivity index (χ1v) is 11.0. The molecule has 0 unspecified atom stereocenters. The molecule has 0 atom stereocenters. The molecule has 0 bridgehead atoms. The highest BCUT2D eigenvalue weighted by Gasteiger charge is 2.27. The molecule has 0 N–H and O–H groups in total. The van der Waals surface area contributed by atoms with Crippen molar-refractivity contribution in [2.45, 2.75) is 65.6 Å². The van der Waals surface area contributed by atoms with E-state index < -0.39 is 0 Å². The Morgan fingerprint density at radius 2 is 1.97 bits per heavy atom. The van der Waals surface area contributed by atoms with Crippen LogP contribution in [0, 0.1) is 12.8 Å². The monoisotopic (exact) mass is 414 g/mol. The van der Waals surface area contributed by atoms with Gasteiger partial charge in [-0.1, -0.05) is 36.3 Å². The van der Waals surface area contributed by atoms with Crippen LogP contribution in [0.15, 0.2) is 28.9 Å². The highest BCUT2D eigenvalue weighted by molar-refractivity contribution is 5.78. The summed E-state index contributed by atoms with van der Waals surface area (Å²) < 4.78 is 11.0. The number of nitrogens with zero attached hydrogens (tertiary/aromatic N) is 4. The number of hydrogen-bond donors (Lipinski definition) is 0. The first kappa shape index (κ1) is 22.3. The Bertz CT molecular complexity index is 810. The van der Waals surface area contributed by atoms with Crippen LogP contribution >= 0.6 is 0 Å². The standard InChI is InChI=1S/C23H34N4O3/c1-5-19(6-2)23(28)27-12-10-20(11-13-27)29-21-9-7-8-18(14-21)15-26(4)16-22-17(3)24-30-25-22/h7-9,14,19-20H,5-6,10-13,15-16H2,1-4H3. The second kappa shape index (κ2) is 10.6. The summed E-state index contributed by atoms with van der Waals surface area (Å²) in [4.78, 5) is 16.8. The molecule has 1 aromatic carbocycles. The maximum Gasteiger partial charge on any atom is 0.225 e. The fraction of sp³-hybridized carbons (Fsp3) is 0.609. The van der Waals surface area contributed by atoms with E-state index >= 15 is 0 Å². The molecule has 1 aliphatic rings. The summed E-state index contributed by atoms with van der Waals surface area (Å²) in [6.45, 7) is 9.13. The number of aryl methyl sites for hydroxylation is 1. The van der Waals surface area contributed by atoms with Crippen LogP contribution in [0.4, 0.5) is 0 Å². The van der Waals surface area contributed by atoms with Crippen molar-refractivity contribution in [3.8, 4) is 5.75 Å². The van der Waals surface area contributed by atoms with Crippen molar-refractivity contribution in [3.63, 3.8) is 0 Å². The topological polar surface area (TPSA) is 71.7 Å². The lowest BCUT2D eigenvalue weighted by molar-refractivity contribution is -0.137. The summed E-state index contributed by atoms with van der Waals surface area (Å²) in [5.41, 5.74) is 2.87. The molecule has 2 aromatic rings. The highest BCUT2D eigenvalue weighted by Crippen LogP contribution is 2.23. The van der Waals surface area contributed by atoms with Gasteiger partial charge in [0, 0.05) is 44.9 Å². The lowest BCUT2D eigenvalue weighted by atomic mass is 9.99. The molecule has 1 fully saturated rings. The first-order valence-electron chi connectivity index (χ1n) is 11.0. The zero-order valence-corrected chi connectivity index (χ0v) is 18.6. The van der Waals surface area contributed by atoms with Gasteiger partial charge in [-0.25, -0.2) is 4.63 Å². The van der Waals surface area contributed by atoms with E-state index in [-0.39, 0.29) is 12.0 Å². The van der Waals surface area contributed by atoms with Gasteiger partial charge in [0.2, 0.25) is 5.91 Å². The first-order chi connectivity index (χ1) is 14.5. The number of carbonyl (C=O) groups excluding carboxylic acids is 1. The molecule has 0 radical (unpaired) electrons. The van der Waals surface area contributed by atoms with Crippen molar-refractivity contribution in [2.24, 2.45) is 5.92 Å². The van der Waals surface area contributed by atoms with E-state index in [4.69, 9.17) is 9.37 Å². The molecule has 7 nitrogen and oxygen atoms in total. The molecule has 164 valence electrons. The Labute approximate surface area is 179 Å². The van der Waals surface area contributed by atoms with Gasteiger partial charge >= 0.3 is 0 Å². The summed E-state index contributed by atoms with van der Waals surface area (Å²) >= 11 is 0. The van der Waals surface area contributed by atoms with Gasteiger partial charge in [0.05, 0.1) is 0 Å². The van der Waals surface area contributed by atoms with Crippen LogP contribution in [0.5, 0.6) is 5.75 Å². The lowest BCUT2D eigenvalue weighted by Gasteiger charge is -2.34. The van der Waals surface area contributed by atoms with E-state index in [9.17, 15) is 4.79 Å². The molecule has 30 heavy (non-hydrogen) atoms. The molecule has 0 saturated carbocycles. The van der Waals surface area contributed by atoms with E-state index in [1.165, 1.54) is 5.56 Å². The van der Waals surface area contributed by atoms with Gasteiger partial charge < -0.3 is 9.64 Å². The minimum atomic E-state index is 0.160. The number of rotatable bonds is 9. The van der Waals surface area contributed by atoms with Crippen LogP contribution < -0.4 is 4.74 Å². The largest absolute Gasteiger partial charge is 0.490 e. The average molecular weight is 415 g/mol. The fourth-order valence-corrected chi connectivity index (χ4v) is 4.02. The third-order valence-electron chi connectivity index (χ3n) is 5.91. The van der Waals surface area contributed by atoms with Crippen molar-refractivity contribution in [1.82, 2.24) is 20.1 Å². The maximum atomic E-state index is 12.6. The minimum Gasteiger partial charge on any atom is -0.490 e. The predicted molar refractivity (Wildman–Crippen MR) is 115 cm³/mol. The van der Waals surface area contributed by atoms with Crippen LogP contribution in [0.25, 0.3) is 0 Å². The van der Waals surface area contributed by atoms with Gasteiger partial charge in [-0.05, 0) is 44.5 Å². The Balaban J connectivity index is 1.50. The molecule has 1 aromatic heterocycles. The van der Waals surface area contributed by atoms with E-state index in [1.807, 2.05) is 31.0 Å². The lowest BCUT2D eigenvalue weighted by Crippen LogP contribution is -2.44. The van der Waals surface area contributed by atoms with Crippen molar-refractivity contribution in [1.29, 1.82) is 0 Å². The van der Waals surface area contributed by atoms with E-state index in [1.54, 1.807) is 0 Å². The molecule has 0 aliphatic carbocycles. The zero-order chi connectivity index (χ0) is 21.5. The summed E-state index contributed by atoms with van der Waals surface area (Å²) in [5.74, 6) is 1.36. The average Bonchev–Trinajstić information content (AvgIpc) is 3.14. The fourth-order valence-electron chi connectivity index (χ4n) is 4.02. The Kier molecular flexibility index (Phi) is 7.85. The molecule has 3 rings (SSSR count). The number of amides is 1. The van der Waals surface area contributed by atoms with Gasteiger partial charge in [-0.3, -0.25) is 9.69 Å². The summed E-state index contributed by atoms with van der Waals surface area (Å²) in [7, 11) is 2.05. The van der Waals surface area contributed by atoms with Gasteiger partial charge in [0.25, 0.3) is 0 Å². The molecular weight excluding hydrogens is 380 g/mol. The Morgan fingerprint density at radius 1 is 1.23 bits per heavy atom. The van der Waals surface area contributed by atoms with Crippen LogP contribution in [0.3, 0.4) is 0 Å². The van der Waals surface area contributed by atoms with Gasteiger partial charge in [-0.15, -0.1) is 0 Å². The smallest absolute Gasteiger partial charge is 0.225 e. The second-order valence-electron chi connectivity index (χ2n) is 8.27. The summed E-state index contributed by atoms with van der Waals surface area (Å²) in [6.07, 6.45) is 3.76. The van der Waals surface area contributed by atoms with Gasteiger partial charge in [-0.2, -0.15) is 0 Å². The van der Waals surface area contributed by atoms with E-state index in [0.29, 0.717) is 12.5 Å². The molecular formula is C23H34N4O3. The van der Waals surface area contributed by atoms with Crippen molar-refractivity contribution >= 4 is 5.91 Å². The van der Waals surface area contributed by atoms with Crippen LogP contribution in [0.1, 0.15) is 56.5 Å². The molecule has 1 aliphatic heterocycles. The van der Waals surface area contributed by atoms with Gasteiger partial charge in [0.15, 0.2) is 0 Å². The number of piperidine rings is 1. The number of likely N-dealkylation sites (tertiary alicyclic amines) is 1. The van der Waals surface area contributed by atoms with Crippen LogP contribution in [-0.2, 0) is 17.9 Å². The molecule has 1 saturated heterocycles.